The van der Waals surface area contributed by atoms with Crippen LogP contribution in [0.1, 0.15) is 45.2 Å². The standard InChI is InChI=1S/C20H39N7/c1-7-21-20(24-18-8-10-27(11-9-18)14-16(2)3)22-13-19(25(4)5)17-12-23-26(6)15-17/h12,15-16,18-19H,7-11,13-14H2,1-6H3,(H2,21,22,24). The maximum Gasteiger partial charge on any atom is 0.191 e. The van der Waals surface area contributed by atoms with E-state index in [1.54, 1.807) is 0 Å². The maximum absolute atomic E-state index is 4.88. The first-order valence-electron chi connectivity index (χ1n) is 10.3. The van der Waals surface area contributed by atoms with E-state index >= 15 is 0 Å². The summed E-state index contributed by atoms with van der Waals surface area (Å²) in [5.74, 6) is 1.67. The Morgan fingerprint density at radius 1 is 1.33 bits per heavy atom. The molecule has 7 nitrogen and oxygen atoms in total. The van der Waals surface area contributed by atoms with Crippen molar-refractivity contribution in [1.82, 2.24) is 30.2 Å². The number of guanidine groups is 1. The first-order valence-corrected chi connectivity index (χ1v) is 10.3. The fourth-order valence-corrected chi connectivity index (χ4v) is 3.65. The van der Waals surface area contributed by atoms with Gasteiger partial charge in [0.05, 0.1) is 18.8 Å². The summed E-state index contributed by atoms with van der Waals surface area (Å²) in [6.07, 6.45) is 6.36. The van der Waals surface area contributed by atoms with Crippen LogP contribution in [-0.2, 0) is 7.05 Å². The van der Waals surface area contributed by atoms with Crippen molar-refractivity contribution in [1.29, 1.82) is 0 Å². The smallest absolute Gasteiger partial charge is 0.191 e. The zero-order valence-electron chi connectivity index (χ0n) is 18.1. The van der Waals surface area contributed by atoms with E-state index in [4.69, 9.17) is 4.99 Å². The summed E-state index contributed by atoms with van der Waals surface area (Å²) in [6, 6.07) is 0.726. The van der Waals surface area contributed by atoms with Gasteiger partial charge in [0.1, 0.15) is 0 Å². The molecule has 7 heteroatoms. The molecule has 0 amide bonds. The van der Waals surface area contributed by atoms with Crippen LogP contribution >= 0.6 is 0 Å². The average Bonchev–Trinajstić information content (AvgIpc) is 3.02. The van der Waals surface area contributed by atoms with Crippen LogP contribution in [0.15, 0.2) is 17.4 Å². The minimum atomic E-state index is 0.224. The van der Waals surface area contributed by atoms with Gasteiger partial charge in [0.25, 0.3) is 0 Å². The summed E-state index contributed by atoms with van der Waals surface area (Å²) in [4.78, 5) is 9.67. The van der Waals surface area contributed by atoms with Gasteiger partial charge in [-0.15, -0.1) is 0 Å². The summed E-state index contributed by atoms with van der Waals surface area (Å²) >= 11 is 0. The second-order valence-corrected chi connectivity index (χ2v) is 8.26. The Hall–Kier alpha value is -1.60. The van der Waals surface area contributed by atoms with Gasteiger partial charge in [0, 0.05) is 51.0 Å². The van der Waals surface area contributed by atoms with Crippen molar-refractivity contribution in [2.24, 2.45) is 18.0 Å². The molecule has 1 aromatic heterocycles. The first kappa shape index (κ1) is 21.7. The fraction of sp³-hybridized carbons (Fsp3) is 0.800. The number of hydrogen-bond donors (Lipinski definition) is 2. The number of rotatable bonds is 8. The largest absolute Gasteiger partial charge is 0.357 e. The molecule has 0 spiro atoms. The van der Waals surface area contributed by atoms with Crippen LogP contribution in [0.4, 0.5) is 0 Å². The van der Waals surface area contributed by atoms with E-state index in [-0.39, 0.29) is 6.04 Å². The zero-order valence-corrected chi connectivity index (χ0v) is 18.1. The van der Waals surface area contributed by atoms with Crippen LogP contribution in [0.5, 0.6) is 0 Å². The summed E-state index contributed by atoms with van der Waals surface area (Å²) < 4.78 is 1.85. The number of piperidine rings is 1. The predicted octanol–water partition coefficient (Wildman–Crippen LogP) is 1.70. The normalized spacial score (nSPS) is 18.3. The number of hydrogen-bond acceptors (Lipinski definition) is 4. The highest BCUT2D eigenvalue weighted by Crippen LogP contribution is 2.18. The topological polar surface area (TPSA) is 60.7 Å². The van der Waals surface area contributed by atoms with Crippen molar-refractivity contribution in [3.8, 4) is 0 Å². The minimum absolute atomic E-state index is 0.224. The Balaban J connectivity index is 1.93. The van der Waals surface area contributed by atoms with Crippen molar-refractivity contribution in [2.75, 3.05) is 46.8 Å². The van der Waals surface area contributed by atoms with Gasteiger partial charge in [-0.25, -0.2) is 0 Å². The molecule has 2 rings (SSSR count). The highest BCUT2D eigenvalue weighted by Gasteiger charge is 2.21. The van der Waals surface area contributed by atoms with Gasteiger partial charge in [0.15, 0.2) is 5.96 Å². The molecule has 0 saturated carbocycles. The number of nitrogens with one attached hydrogen (secondary N) is 2. The Kier molecular flexibility index (Phi) is 8.57. The van der Waals surface area contributed by atoms with Crippen molar-refractivity contribution in [3.05, 3.63) is 18.0 Å². The molecular weight excluding hydrogens is 338 g/mol. The van der Waals surface area contributed by atoms with Crippen LogP contribution in [0.25, 0.3) is 0 Å². The second kappa shape index (κ2) is 10.7. The molecule has 1 aromatic rings. The van der Waals surface area contributed by atoms with Crippen LogP contribution < -0.4 is 10.6 Å². The number of likely N-dealkylation sites (N-methyl/N-ethyl adjacent to an activating group) is 1. The van der Waals surface area contributed by atoms with Gasteiger partial charge in [-0.3, -0.25) is 9.67 Å². The summed E-state index contributed by atoms with van der Waals surface area (Å²) in [5, 5.41) is 11.4. The monoisotopic (exact) mass is 377 g/mol. The van der Waals surface area contributed by atoms with E-state index in [1.165, 1.54) is 38.0 Å². The van der Waals surface area contributed by atoms with Crippen molar-refractivity contribution >= 4 is 5.96 Å². The number of nitrogens with zero attached hydrogens (tertiary/aromatic N) is 5. The third-order valence-corrected chi connectivity index (χ3v) is 5.05. The van der Waals surface area contributed by atoms with Gasteiger partial charge in [0.2, 0.25) is 0 Å². The Labute approximate surface area is 165 Å². The van der Waals surface area contributed by atoms with E-state index in [2.05, 4.69) is 66.6 Å². The first-order chi connectivity index (χ1) is 12.9. The lowest BCUT2D eigenvalue weighted by molar-refractivity contribution is 0.187. The maximum atomic E-state index is 4.88. The quantitative estimate of drug-likeness (QED) is 0.533. The summed E-state index contributed by atoms with van der Waals surface area (Å²) in [6.45, 7) is 11.8. The number of aliphatic imine (C=N–C) groups is 1. The van der Waals surface area contributed by atoms with Crippen LogP contribution in [0.3, 0.4) is 0 Å². The Bertz CT molecular complexity index is 571. The van der Waals surface area contributed by atoms with Crippen molar-refractivity contribution in [2.45, 2.75) is 45.7 Å². The third kappa shape index (κ3) is 7.14. The summed E-state index contributed by atoms with van der Waals surface area (Å²) in [5.41, 5.74) is 1.20. The molecule has 0 bridgehead atoms. The Morgan fingerprint density at radius 2 is 2.04 bits per heavy atom. The molecule has 1 atom stereocenters. The molecule has 0 aromatic carbocycles. The highest BCUT2D eigenvalue weighted by atomic mass is 15.3. The SMILES string of the molecule is CCNC(=NCC(c1cnn(C)c1)N(C)C)NC1CCN(CC(C)C)CC1. The molecule has 1 unspecified atom stereocenters. The molecule has 0 aliphatic carbocycles. The predicted molar refractivity (Wildman–Crippen MR) is 113 cm³/mol. The number of aromatic nitrogens is 2. The minimum Gasteiger partial charge on any atom is -0.357 e. The molecule has 27 heavy (non-hydrogen) atoms. The number of aryl methyl sites for hydroxylation is 1. The Morgan fingerprint density at radius 3 is 2.56 bits per heavy atom. The van der Waals surface area contributed by atoms with Gasteiger partial charge in [-0.05, 0) is 39.8 Å². The molecule has 1 aliphatic rings. The van der Waals surface area contributed by atoms with E-state index < -0.39 is 0 Å². The average molecular weight is 378 g/mol. The summed E-state index contributed by atoms with van der Waals surface area (Å²) in [7, 11) is 6.15. The van der Waals surface area contributed by atoms with E-state index in [0.29, 0.717) is 12.6 Å². The van der Waals surface area contributed by atoms with Crippen molar-refractivity contribution < 1.29 is 0 Å². The van der Waals surface area contributed by atoms with Crippen LogP contribution in [0, 0.1) is 5.92 Å². The highest BCUT2D eigenvalue weighted by molar-refractivity contribution is 5.80. The number of likely N-dealkylation sites (tertiary alicyclic amines) is 1. The van der Waals surface area contributed by atoms with Crippen molar-refractivity contribution in [3.63, 3.8) is 0 Å². The van der Waals surface area contributed by atoms with Gasteiger partial charge >= 0.3 is 0 Å². The van der Waals surface area contributed by atoms with E-state index in [1.807, 2.05) is 17.9 Å². The third-order valence-electron chi connectivity index (χ3n) is 5.05. The second-order valence-electron chi connectivity index (χ2n) is 8.26. The van der Waals surface area contributed by atoms with E-state index in [0.717, 1.165) is 18.4 Å². The molecule has 0 radical (unpaired) electrons. The lowest BCUT2D eigenvalue weighted by Gasteiger charge is -2.34. The molecule has 154 valence electrons. The molecule has 1 aliphatic heterocycles. The molecule has 1 fully saturated rings. The fourth-order valence-electron chi connectivity index (χ4n) is 3.65. The molecule has 2 N–H and O–H groups in total. The molecule has 1 saturated heterocycles. The molecule has 2 heterocycles. The molecular formula is C20H39N7. The van der Waals surface area contributed by atoms with Crippen LogP contribution in [-0.4, -0.2) is 78.4 Å². The lowest BCUT2D eigenvalue weighted by atomic mass is 10.0. The van der Waals surface area contributed by atoms with Crippen LogP contribution in [0.2, 0.25) is 0 Å². The van der Waals surface area contributed by atoms with Gasteiger partial charge in [-0.2, -0.15) is 5.10 Å². The van der Waals surface area contributed by atoms with Gasteiger partial charge in [-0.1, -0.05) is 13.8 Å². The van der Waals surface area contributed by atoms with E-state index in [9.17, 15) is 0 Å². The zero-order chi connectivity index (χ0) is 19.8. The van der Waals surface area contributed by atoms with Gasteiger partial charge < -0.3 is 20.4 Å². The lowest BCUT2D eigenvalue weighted by Crippen LogP contribution is -2.49.